The molecule has 5 nitrogen and oxygen atoms in total. The summed E-state index contributed by atoms with van der Waals surface area (Å²) in [6.45, 7) is 3.37. The minimum Gasteiger partial charge on any atom is -0.340 e. The Kier molecular flexibility index (Phi) is 4.78. The molecule has 0 aromatic heterocycles. The van der Waals surface area contributed by atoms with Gasteiger partial charge in [0, 0.05) is 36.6 Å². The number of carbonyl (C=O) groups is 2. The highest BCUT2D eigenvalue weighted by Gasteiger charge is 2.34. The highest BCUT2D eigenvalue weighted by Crippen LogP contribution is 2.31. The molecule has 0 radical (unpaired) electrons. The smallest absolute Gasteiger partial charge is 0.238 e. The van der Waals surface area contributed by atoms with E-state index >= 15 is 0 Å². The van der Waals surface area contributed by atoms with Gasteiger partial charge in [-0.2, -0.15) is 0 Å². The second-order valence-corrected chi connectivity index (χ2v) is 6.76. The topological polar surface area (TPSA) is 52.7 Å². The van der Waals surface area contributed by atoms with Crippen molar-refractivity contribution in [2.24, 2.45) is 5.92 Å². The minimum atomic E-state index is -0.0196. The third-order valence-electron chi connectivity index (χ3n) is 4.13. The lowest BCUT2D eigenvalue weighted by atomic mass is 10.2. The molecular weight excluding hydrogens is 346 g/mol. The largest absolute Gasteiger partial charge is 0.340 e. The second-order valence-electron chi connectivity index (χ2n) is 5.90. The van der Waals surface area contributed by atoms with Gasteiger partial charge in [0.1, 0.15) is 0 Å². The summed E-state index contributed by atoms with van der Waals surface area (Å²) in [5.41, 5.74) is 0.787. The Labute approximate surface area is 138 Å². The first-order valence-electron chi connectivity index (χ1n) is 7.69. The summed E-state index contributed by atoms with van der Waals surface area (Å²) in [5, 5.41) is 2.91. The first kappa shape index (κ1) is 15.5. The molecule has 0 spiro atoms. The van der Waals surface area contributed by atoms with Crippen LogP contribution >= 0.6 is 15.9 Å². The van der Waals surface area contributed by atoms with Crippen molar-refractivity contribution in [3.63, 3.8) is 0 Å². The van der Waals surface area contributed by atoms with E-state index in [1.807, 2.05) is 29.2 Å². The summed E-state index contributed by atoms with van der Waals surface area (Å²) in [6.07, 6.45) is 2.10. The number of benzene rings is 1. The lowest BCUT2D eigenvalue weighted by molar-refractivity contribution is -0.134. The predicted octanol–water partition coefficient (Wildman–Crippen LogP) is 1.94. The van der Waals surface area contributed by atoms with Crippen molar-refractivity contribution in [2.45, 2.75) is 12.8 Å². The quantitative estimate of drug-likeness (QED) is 0.886. The van der Waals surface area contributed by atoms with Crippen molar-refractivity contribution in [1.82, 2.24) is 9.80 Å². The van der Waals surface area contributed by atoms with Crippen LogP contribution in [0.2, 0.25) is 0 Å². The van der Waals surface area contributed by atoms with Gasteiger partial charge in [0.05, 0.1) is 12.2 Å². The summed E-state index contributed by atoms with van der Waals surface area (Å²) in [5.74, 6) is 0.566. The molecular formula is C16H20BrN3O2. The fourth-order valence-electron chi connectivity index (χ4n) is 2.67. The Morgan fingerprint density at radius 2 is 1.82 bits per heavy atom. The van der Waals surface area contributed by atoms with E-state index in [1.165, 1.54) is 0 Å². The number of carbonyl (C=O) groups excluding carboxylic acids is 2. The molecule has 118 valence electrons. The molecule has 1 aliphatic heterocycles. The van der Waals surface area contributed by atoms with E-state index in [2.05, 4.69) is 26.1 Å². The average Bonchev–Trinajstić information content (AvgIpc) is 3.34. The predicted molar refractivity (Wildman–Crippen MR) is 88.5 cm³/mol. The summed E-state index contributed by atoms with van der Waals surface area (Å²) >= 11 is 3.42. The summed E-state index contributed by atoms with van der Waals surface area (Å²) < 4.78 is 0.878. The molecule has 0 bridgehead atoms. The molecule has 2 fully saturated rings. The molecule has 1 aliphatic carbocycles. The van der Waals surface area contributed by atoms with Crippen LogP contribution in [-0.2, 0) is 9.59 Å². The van der Waals surface area contributed by atoms with Gasteiger partial charge in [-0.25, -0.2) is 0 Å². The summed E-state index contributed by atoms with van der Waals surface area (Å²) in [7, 11) is 0. The molecule has 1 heterocycles. The third-order valence-corrected chi connectivity index (χ3v) is 4.82. The van der Waals surface area contributed by atoms with E-state index in [0.29, 0.717) is 12.5 Å². The number of amides is 2. The maximum absolute atomic E-state index is 12.1. The number of nitrogens with one attached hydrogen (secondary N) is 1. The van der Waals surface area contributed by atoms with Crippen LogP contribution in [-0.4, -0.2) is 54.3 Å². The second kappa shape index (κ2) is 6.79. The van der Waals surface area contributed by atoms with Crippen molar-refractivity contribution in [3.05, 3.63) is 28.7 Å². The number of rotatable bonds is 4. The molecule has 1 aromatic rings. The van der Waals surface area contributed by atoms with Gasteiger partial charge in [0.25, 0.3) is 0 Å². The fourth-order valence-corrected chi connectivity index (χ4v) is 3.05. The fraction of sp³-hybridized carbons (Fsp3) is 0.500. The van der Waals surface area contributed by atoms with Gasteiger partial charge >= 0.3 is 0 Å². The van der Waals surface area contributed by atoms with Crippen molar-refractivity contribution in [2.75, 3.05) is 38.0 Å². The van der Waals surface area contributed by atoms with Crippen molar-refractivity contribution >= 4 is 33.4 Å². The van der Waals surface area contributed by atoms with Gasteiger partial charge in [0.15, 0.2) is 0 Å². The molecule has 2 amide bonds. The Balaban J connectivity index is 1.45. The maximum atomic E-state index is 12.1. The van der Waals surface area contributed by atoms with Gasteiger partial charge in [-0.1, -0.05) is 12.1 Å². The zero-order valence-electron chi connectivity index (χ0n) is 12.4. The highest BCUT2D eigenvalue weighted by molar-refractivity contribution is 9.10. The van der Waals surface area contributed by atoms with Gasteiger partial charge in [-0.3, -0.25) is 14.5 Å². The first-order valence-corrected chi connectivity index (χ1v) is 8.48. The van der Waals surface area contributed by atoms with Crippen LogP contribution < -0.4 is 5.32 Å². The molecule has 3 rings (SSSR count). The minimum absolute atomic E-state index is 0.0196. The van der Waals surface area contributed by atoms with Crippen molar-refractivity contribution < 1.29 is 9.59 Å². The van der Waals surface area contributed by atoms with Crippen LogP contribution in [0.5, 0.6) is 0 Å². The average molecular weight is 366 g/mol. The van der Waals surface area contributed by atoms with Crippen LogP contribution in [0.1, 0.15) is 12.8 Å². The Hall–Kier alpha value is -1.40. The molecule has 0 atom stereocenters. The number of halogens is 1. The van der Waals surface area contributed by atoms with Crippen molar-refractivity contribution in [3.8, 4) is 0 Å². The van der Waals surface area contributed by atoms with Crippen LogP contribution in [0, 0.1) is 5.92 Å². The Morgan fingerprint density at radius 1 is 1.14 bits per heavy atom. The van der Waals surface area contributed by atoms with E-state index in [-0.39, 0.29) is 11.8 Å². The molecule has 1 saturated heterocycles. The lowest BCUT2D eigenvalue weighted by Crippen LogP contribution is -2.50. The van der Waals surface area contributed by atoms with Crippen LogP contribution in [0.25, 0.3) is 0 Å². The van der Waals surface area contributed by atoms with Crippen LogP contribution in [0.3, 0.4) is 0 Å². The number of piperazine rings is 1. The third kappa shape index (κ3) is 3.87. The van der Waals surface area contributed by atoms with Gasteiger partial charge in [-0.15, -0.1) is 0 Å². The summed E-state index contributed by atoms with van der Waals surface area (Å²) in [6, 6.07) is 7.57. The van der Waals surface area contributed by atoms with E-state index in [0.717, 1.165) is 49.2 Å². The number of anilines is 1. The van der Waals surface area contributed by atoms with Gasteiger partial charge in [0.2, 0.25) is 11.8 Å². The maximum Gasteiger partial charge on any atom is 0.238 e. The van der Waals surface area contributed by atoms with Crippen LogP contribution in [0.15, 0.2) is 28.7 Å². The monoisotopic (exact) mass is 365 g/mol. The zero-order chi connectivity index (χ0) is 15.5. The lowest BCUT2D eigenvalue weighted by Gasteiger charge is -2.34. The molecule has 6 heteroatoms. The van der Waals surface area contributed by atoms with E-state index in [1.54, 1.807) is 0 Å². The number of hydrogen-bond donors (Lipinski definition) is 1. The SMILES string of the molecule is O=C(CN1CCN(C(=O)C2CC2)CC1)Nc1ccccc1Br. The number of para-hydroxylation sites is 1. The first-order chi connectivity index (χ1) is 10.6. The normalized spacial score (nSPS) is 19.0. The van der Waals surface area contributed by atoms with Gasteiger partial charge < -0.3 is 10.2 Å². The molecule has 1 aromatic carbocycles. The molecule has 0 unspecified atom stereocenters. The summed E-state index contributed by atoms with van der Waals surface area (Å²) in [4.78, 5) is 28.1. The van der Waals surface area contributed by atoms with E-state index in [9.17, 15) is 9.59 Å². The van der Waals surface area contributed by atoms with Gasteiger partial charge in [-0.05, 0) is 40.9 Å². The van der Waals surface area contributed by atoms with Crippen molar-refractivity contribution in [1.29, 1.82) is 0 Å². The number of hydrogen-bond acceptors (Lipinski definition) is 3. The molecule has 2 aliphatic rings. The number of nitrogens with zero attached hydrogens (tertiary/aromatic N) is 2. The molecule has 1 N–H and O–H groups in total. The van der Waals surface area contributed by atoms with E-state index in [4.69, 9.17) is 0 Å². The zero-order valence-corrected chi connectivity index (χ0v) is 14.0. The standard InChI is InChI=1S/C16H20BrN3O2/c17-13-3-1-2-4-14(13)18-15(21)11-19-7-9-20(10-8-19)16(22)12-5-6-12/h1-4,12H,5-11H2,(H,18,21). The Bertz CT molecular complexity index is 566. The Morgan fingerprint density at radius 3 is 2.45 bits per heavy atom. The molecule has 1 saturated carbocycles. The van der Waals surface area contributed by atoms with Crippen LogP contribution in [0.4, 0.5) is 5.69 Å². The molecule has 22 heavy (non-hydrogen) atoms. The van der Waals surface area contributed by atoms with E-state index < -0.39 is 0 Å². The highest BCUT2D eigenvalue weighted by atomic mass is 79.9.